The Balaban J connectivity index is 2.24. The highest BCUT2D eigenvalue weighted by molar-refractivity contribution is 7.89. The first kappa shape index (κ1) is 17.0. The number of hydrogen-bond acceptors (Lipinski definition) is 3. The van der Waals surface area contributed by atoms with Crippen molar-refractivity contribution in [3.8, 4) is 0 Å². The lowest BCUT2D eigenvalue weighted by atomic mass is 10.1. The van der Waals surface area contributed by atoms with Crippen molar-refractivity contribution in [1.29, 1.82) is 0 Å². The largest absolute Gasteiger partial charge is 0.342 e. The summed E-state index contributed by atoms with van der Waals surface area (Å²) in [6.45, 7) is 6.89. The molecule has 0 radical (unpaired) electrons. The van der Waals surface area contributed by atoms with Gasteiger partial charge in [-0.15, -0.1) is 0 Å². The fraction of sp³-hybridized carbons (Fsp3) is 0.562. The number of carbonyl (C=O) groups is 1. The molecule has 1 amide bonds. The number of sulfonamides is 1. The molecule has 1 aliphatic rings. The van der Waals surface area contributed by atoms with Crippen LogP contribution in [0.15, 0.2) is 17.0 Å². The number of amides is 1. The van der Waals surface area contributed by atoms with Gasteiger partial charge in [0.1, 0.15) is 0 Å². The van der Waals surface area contributed by atoms with Crippen molar-refractivity contribution < 1.29 is 13.2 Å². The first-order valence-electron chi connectivity index (χ1n) is 7.55. The second-order valence-corrected chi connectivity index (χ2v) is 8.06. The van der Waals surface area contributed by atoms with E-state index in [9.17, 15) is 13.2 Å². The molecule has 0 atom stereocenters. The Morgan fingerprint density at radius 1 is 1.14 bits per heavy atom. The van der Waals surface area contributed by atoms with Crippen LogP contribution in [0, 0.1) is 20.8 Å². The van der Waals surface area contributed by atoms with E-state index >= 15 is 0 Å². The Morgan fingerprint density at radius 2 is 1.64 bits per heavy atom. The Hall–Kier alpha value is -1.40. The molecule has 22 heavy (non-hydrogen) atoms. The maximum absolute atomic E-state index is 12.8. The first-order chi connectivity index (χ1) is 10.2. The lowest BCUT2D eigenvalue weighted by Gasteiger charge is -2.23. The third-order valence-electron chi connectivity index (χ3n) is 4.09. The maximum atomic E-state index is 12.8. The number of carbonyl (C=O) groups excluding carboxylic acids is 1. The van der Waals surface area contributed by atoms with Gasteiger partial charge >= 0.3 is 0 Å². The van der Waals surface area contributed by atoms with E-state index in [4.69, 9.17) is 0 Å². The molecular weight excluding hydrogens is 300 g/mol. The predicted molar refractivity (Wildman–Crippen MR) is 86.3 cm³/mol. The number of rotatable bonds is 4. The van der Waals surface area contributed by atoms with E-state index < -0.39 is 10.0 Å². The number of aryl methyl sites for hydroxylation is 3. The highest BCUT2D eigenvalue weighted by Crippen LogP contribution is 2.24. The molecule has 5 nitrogen and oxygen atoms in total. The topological polar surface area (TPSA) is 57.7 Å². The fourth-order valence-electron chi connectivity index (χ4n) is 3.07. The molecule has 0 spiro atoms. The molecular formula is C16H24N2O3S. The molecule has 1 fully saturated rings. The molecule has 0 aromatic heterocycles. The van der Waals surface area contributed by atoms with Gasteiger partial charge in [0.15, 0.2) is 0 Å². The van der Waals surface area contributed by atoms with Gasteiger partial charge in [-0.05, 0) is 44.7 Å². The van der Waals surface area contributed by atoms with Gasteiger partial charge in [-0.2, -0.15) is 4.31 Å². The van der Waals surface area contributed by atoms with Crippen molar-refractivity contribution in [2.75, 3.05) is 26.7 Å². The number of hydrogen-bond donors (Lipinski definition) is 0. The molecule has 0 N–H and O–H groups in total. The van der Waals surface area contributed by atoms with Crippen LogP contribution in [0.2, 0.25) is 0 Å². The molecule has 6 heteroatoms. The van der Waals surface area contributed by atoms with Crippen molar-refractivity contribution in [3.05, 3.63) is 28.8 Å². The number of likely N-dealkylation sites (N-methyl/N-ethyl adjacent to an activating group) is 1. The normalized spacial score (nSPS) is 15.6. The van der Waals surface area contributed by atoms with E-state index in [0.29, 0.717) is 4.90 Å². The Kier molecular flexibility index (Phi) is 4.92. The number of likely N-dealkylation sites (tertiary alicyclic amines) is 1. The smallest absolute Gasteiger partial charge is 0.243 e. The zero-order chi connectivity index (χ0) is 16.5. The van der Waals surface area contributed by atoms with Crippen LogP contribution in [0.3, 0.4) is 0 Å². The molecule has 2 rings (SSSR count). The van der Waals surface area contributed by atoms with Gasteiger partial charge in [-0.3, -0.25) is 4.79 Å². The molecule has 1 aliphatic heterocycles. The molecule has 0 aliphatic carbocycles. The molecule has 0 bridgehead atoms. The van der Waals surface area contributed by atoms with Crippen molar-refractivity contribution >= 4 is 15.9 Å². The third-order valence-corrected chi connectivity index (χ3v) is 6.20. The Morgan fingerprint density at radius 3 is 2.14 bits per heavy atom. The van der Waals surface area contributed by atoms with Crippen LogP contribution in [-0.4, -0.2) is 50.2 Å². The molecule has 0 unspecified atom stereocenters. The molecule has 0 saturated carbocycles. The minimum atomic E-state index is -3.66. The summed E-state index contributed by atoms with van der Waals surface area (Å²) in [5, 5.41) is 0. The minimum absolute atomic E-state index is 0.102. The van der Waals surface area contributed by atoms with Crippen molar-refractivity contribution in [2.45, 2.75) is 38.5 Å². The van der Waals surface area contributed by atoms with Crippen LogP contribution in [0.5, 0.6) is 0 Å². The SMILES string of the molecule is Cc1cc(C)c(S(=O)(=O)N(C)CC(=O)N2CCCC2)c(C)c1. The van der Waals surface area contributed by atoms with Crippen molar-refractivity contribution in [2.24, 2.45) is 0 Å². The van der Waals surface area contributed by atoms with Gasteiger partial charge in [-0.1, -0.05) is 17.7 Å². The monoisotopic (exact) mass is 324 g/mol. The van der Waals surface area contributed by atoms with E-state index in [-0.39, 0.29) is 12.5 Å². The summed E-state index contributed by atoms with van der Waals surface area (Å²) in [7, 11) is -2.18. The van der Waals surface area contributed by atoms with Crippen LogP contribution in [0.4, 0.5) is 0 Å². The third kappa shape index (κ3) is 3.33. The molecule has 122 valence electrons. The van der Waals surface area contributed by atoms with E-state index in [0.717, 1.165) is 42.6 Å². The summed E-state index contributed by atoms with van der Waals surface area (Å²) in [6.07, 6.45) is 2.00. The van der Waals surface area contributed by atoms with Crippen molar-refractivity contribution in [1.82, 2.24) is 9.21 Å². The van der Waals surface area contributed by atoms with Gasteiger partial charge in [0.2, 0.25) is 15.9 Å². The highest BCUT2D eigenvalue weighted by atomic mass is 32.2. The number of nitrogens with zero attached hydrogens (tertiary/aromatic N) is 2. The second-order valence-electron chi connectivity index (χ2n) is 6.08. The first-order valence-corrected chi connectivity index (χ1v) is 8.99. The summed E-state index contributed by atoms with van der Waals surface area (Å²) in [5.74, 6) is -0.119. The van der Waals surface area contributed by atoms with E-state index in [2.05, 4.69) is 0 Å². The summed E-state index contributed by atoms with van der Waals surface area (Å²) >= 11 is 0. The van der Waals surface area contributed by atoms with E-state index in [1.165, 1.54) is 11.4 Å². The van der Waals surface area contributed by atoms with Crippen LogP contribution in [-0.2, 0) is 14.8 Å². The van der Waals surface area contributed by atoms with Crippen LogP contribution < -0.4 is 0 Å². The van der Waals surface area contributed by atoms with Crippen LogP contribution in [0.25, 0.3) is 0 Å². The average Bonchev–Trinajstić information content (AvgIpc) is 2.90. The zero-order valence-electron chi connectivity index (χ0n) is 13.7. The molecule has 1 heterocycles. The number of benzene rings is 1. The fourth-order valence-corrected chi connectivity index (χ4v) is 4.60. The van der Waals surface area contributed by atoms with Gasteiger partial charge < -0.3 is 4.90 Å². The minimum Gasteiger partial charge on any atom is -0.342 e. The van der Waals surface area contributed by atoms with Gasteiger partial charge in [0, 0.05) is 20.1 Å². The Bertz CT molecular complexity index is 654. The summed E-state index contributed by atoms with van der Waals surface area (Å²) in [5.41, 5.74) is 2.47. The second kappa shape index (κ2) is 6.38. The van der Waals surface area contributed by atoms with Gasteiger partial charge in [-0.25, -0.2) is 8.42 Å². The lowest BCUT2D eigenvalue weighted by Crippen LogP contribution is -2.40. The zero-order valence-corrected chi connectivity index (χ0v) is 14.5. The maximum Gasteiger partial charge on any atom is 0.243 e. The van der Waals surface area contributed by atoms with Gasteiger partial charge in [0.05, 0.1) is 11.4 Å². The highest BCUT2D eigenvalue weighted by Gasteiger charge is 2.28. The van der Waals surface area contributed by atoms with Crippen molar-refractivity contribution in [3.63, 3.8) is 0 Å². The van der Waals surface area contributed by atoms with Crippen LogP contribution >= 0.6 is 0 Å². The molecule has 1 aromatic rings. The van der Waals surface area contributed by atoms with E-state index in [1.54, 1.807) is 18.7 Å². The molecule has 1 aromatic carbocycles. The van der Waals surface area contributed by atoms with Crippen LogP contribution in [0.1, 0.15) is 29.5 Å². The molecule has 1 saturated heterocycles. The standard InChI is InChI=1S/C16H24N2O3S/c1-12-9-13(2)16(14(3)10-12)22(20,21)17(4)11-15(19)18-7-5-6-8-18/h9-10H,5-8,11H2,1-4H3. The summed E-state index contributed by atoms with van der Waals surface area (Å²) < 4.78 is 26.7. The summed E-state index contributed by atoms with van der Waals surface area (Å²) in [6, 6.07) is 3.71. The predicted octanol–water partition coefficient (Wildman–Crippen LogP) is 1.85. The quantitative estimate of drug-likeness (QED) is 0.849. The average molecular weight is 324 g/mol. The Labute approximate surface area is 133 Å². The van der Waals surface area contributed by atoms with E-state index in [1.807, 2.05) is 19.1 Å². The lowest BCUT2D eigenvalue weighted by molar-refractivity contribution is -0.130. The van der Waals surface area contributed by atoms with Gasteiger partial charge in [0.25, 0.3) is 0 Å². The summed E-state index contributed by atoms with van der Waals surface area (Å²) in [4.78, 5) is 14.2.